The summed E-state index contributed by atoms with van der Waals surface area (Å²) in [6, 6.07) is 13.7. The monoisotopic (exact) mass is 391 g/mol. The summed E-state index contributed by atoms with van der Waals surface area (Å²) in [6.07, 6.45) is 5.82. The van der Waals surface area contributed by atoms with Crippen LogP contribution < -0.4 is 10.2 Å². The van der Waals surface area contributed by atoms with Crippen molar-refractivity contribution in [2.75, 3.05) is 18.0 Å². The molecule has 1 aliphatic heterocycles. The van der Waals surface area contributed by atoms with Gasteiger partial charge in [0.15, 0.2) is 5.60 Å². The van der Waals surface area contributed by atoms with E-state index in [0.29, 0.717) is 11.8 Å². The topological polar surface area (TPSA) is 65.5 Å². The Kier molecular flexibility index (Phi) is 4.58. The maximum Gasteiger partial charge on any atom is 0.257 e. The van der Waals surface area contributed by atoms with Crippen LogP contribution in [0, 0.1) is 24.7 Å². The Morgan fingerprint density at radius 3 is 2.45 bits per heavy atom. The first kappa shape index (κ1) is 18.6. The first-order valence-corrected chi connectivity index (χ1v) is 10.8. The SMILES string of the molecule is Cc1cccnc1N1CC2[C@H](C1)[C@H]2NC(=O)C(O)(c1ccccc1)C1CCCC1. The number of nitrogens with one attached hydrogen (secondary N) is 1. The van der Waals surface area contributed by atoms with Gasteiger partial charge in [0, 0.05) is 43.1 Å². The van der Waals surface area contributed by atoms with Gasteiger partial charge in [0.05, 0.1) is 0 Å². The quantitative estimate of drug-likeness (QED) is 0.822. The lowest BCUT2D eigenvalue weighted by atomic mass is 9.79. The Balaban J connectivity index is 1.29. The van der Waals surface area contributed by atoms with E-state index in [9.17, 15) is 9.90 Å². The van der Waals surface area contributed by atoms with Crippen molar-refractivity contribution in [1.82, 2.24) is 10.3 Å². The highest BCUT2D eigenvalue weighted by Gasteiger charge is 2.58. The summed E-state index contributed by atoms with van der Waals surface area (Å²) in [5.41, 5.74) is 0.487. The van der Waals surface area contributed by atoms with Crippen molar-refractivity contribution >= 4 is 11.7 Å². The minimum absolute atomic E-state index is 0.00356. The minimum atomic E-state index is -1.42. The zero-order valence-electron chi connectivity index (χ0n) is 16.9. The fraction of sp³-hybridized carbons (Fsp3) is 0.500. The molecule has 0 radical (unpaired) electrons. The van der Waals surface area contributed by atoms with Crippen LogP contribution in [0.3, 0.4) is 0 Å². The van der Waals surface area contributed by atoms with Gasteiger partial charge in [0.1, 0.15) is 5.82 Å². The smallest absolute Gasteiger partial charge is 0.257 e. The third-order valence-electron chi connectivity index (χ3n) is 7.28. The lowest BCUT2D eigenvalue weighted by molar-refractivity contribution is -0.147. The molecule has 1 saturated heterocycles. The number of hydrogen-bond donors (Lipinski definition) is 2. The maximum absolute atomic E-state index is 13.4. The van der Waals surface area contributed by atoms with Crippen LogP contribution in [-0.2, 0) is 10.4 Å². The van der Waals surface area contributed by atoms with Crippen LogP contribution in [0.1, 0.15) is 36.8 Å². The van der Waals surface area contributed by atoms with E-state index in [0.717, 1.165) is 50.2 Å². The van der Waals surface area contributed by atoms with Gasteiger partial charge >= 0.3 is 0 Å². The lowest BCUT2D eigenvalue weighted by Crippen LogP contribution is -2.51. The molecule has 0 spiro atoms. The molecule has 1 aromatic heterocycles. The highest BCUT2D eigenvalue weighted by atomic mass is 16.3. The van der Waals surface area contributed by atoms with Crippen molar-refractivity contribution in [1.29, 1.82) is 0 Å². The number of benzene rings is 1. The van der Waals surface area contributed by atoms with Gasteiger partial charge in [-0.15, -0.1) is 0 Å². The number of pyridine rings is 1. The molecule has 5 nitrogen and oxygen atoms in total. The second kappa shape index (κ2) is 7.13. The number of amides is 1. The van der Waals surface area contributed by atoms with Crippen molar-refractivity contribution in [3.05, 3.63) is 59.8 Å². The second-order valence-corrected chi connectivity index (χ2v) is 8.99. The second-order valence-electron chi connectivity index (χ2n) is 8.99. The number of rotatable bonds is 5. The lowest BCUT2D eigenvalue weighted by Gasteiger charge is -2.34. The van der Waals surface area contributed by atoms with E-state index in [1.165, 1.54) is 5.56 Å². The van der Waals surface area contributed by atoms with E-state index < -0.39 is 5.60 Å². The van der Waals surface area contributed by atoms with Crippen molar-refractivity contribution in [3.63, 3.8) is 0 Å². The molecule has 2 saturated carbocycles. The minimum Gasteiger partial charge on any atom is -0.375 e. The Morgan fingerprint density at radius 2 is 1.79 bits per heavy atom. The highest BCUT2D eigenvalue weighted by molar-refractivity contribution is 5.87. The van der Waals surface area contributed by atoms with Crippen LogP contribution in [0.25, 0.3) is 0 Å². The molecule has 152 valence electrons. The van der Waals surface area contributed by atoms with E-state index in [1.807, 2.05) is 42.6 Å². The van der Waals surface area contributed by atoms with E-state index in [1.54, 1.807) is 0 Å². The standard InChI is InChI=1S/C24H29N3O2/c1-16-8-7-13-25-22(16)27-14-19-20(15-27)21(19)26-23(28)24(29,18-11-5-6-12-18)17-9-3-2-4-10-17/h2-4,7-10,13,18-21,29H,5-6,11-12,14-15H2,1H3,(H,26,28)/t19-,20?,21+,24?/m0/s1. The van der Waals surface area contributed by atoms with E-state index >= 15 is 0 Å². The summed E-state index contributed by atoms with van der Waals surface area (Å²) < 4.78 is 0. The van der Waals surface area contributed by atoms with Crippen LogP contribution in [0.2, 0.25) is 0 Å². The molecule has 3 fully saturated rings. The molecule has 1 aromatic carbocycles. The third-order valence-corrected chi connectivity index (χ3v) is 7.28. The van der Waals surface area contributed by atoms with Gasteiger partial charge in [0.2, 0.25) is 0 Å². The van der Waals surface area contributed by atoms with Crippen LogP contribution in [0.5, 0.6) is 0 Å². The molecular formula is C24H29N3O2. The molecule has 2 heterocycles. The normalized spacial score (nSPS) is 28.1. The number of aryl methyl sites for hydroxylation is 1. The molecular weight excluding hydrogens is 362 g/mol. The Hall–Kier alpha value is -2.40. The molecule has 1 amide bonds. The molecule has 2 unspecified atom stereocenters. The van der Waals surface area contributed by atoms with E-state index in [-0.39, 0.29) is 17.9 Å². The summed E-state index contributed by atoms with van der Waals surface area (Å²) in [4.78, 5) is 20.2. The fourth-order valence-corrected chi connectivity index (χ4v) is 5.57. The number of nitrogens with zero attached hydrogens (tertiary/aromatic N) is 2. The average Bonchev–Trinajstić information content (AvgIpc) is 3.18. The molecule has 5 rings (SSSR count). The number of aromatic nitrogens is 1. The molecule has 5 heteroatoms. The molecule has 0 bridgehead atoms. The van der Waals surface area contributed by atoms with Gasteiger partial charge in [-0.2, -0.15) is 0 Å². The number of carbonyl (C=O) groups is 1. The number of piperidine rings is 1. The van der Waals surface area contributed by atoms with Gasteiger partial charge < -0.3 is 15.3 Å². The molecule has 3 aliphatic rings. The predicted molar refractivity (Wildman–Crippen MR) is 112 cm³/mol. The Labute approximate surface area is 172 Å². The summed E-state index contributed by atoms with van der Waals surface area (Å²) in [5.74, 6) is 1.73. The molecule has 2 aliphatic carbocycles. The van der Waals surface area contributed by atoms with Crippen molar-refractivity contribution in [2.24, 2.45) is 17.8 Å². The average molecular weight is 392 g/mol. The number of fused-ring (bicyclic) bond motifs is 1. The summed E-state index contributed by atoms with van der Waals surface area (Å²) in [5, 5.41) is 14.8. The highest BCUT2D eigenvalue weighted by Crippen LogP contribution is 2.48. The first-order chi connectivity index (χ1) is 14.1. The van der Waals surface area contributed by atoms with Gasteiger partial charge in [-0.3, -0.25) is 4.79 Å². The molecule has 2 N–H and O–H groups in total. The summed E-state index contributed by atoms with van der Waals surface area (Å²) in [7, 11) is 0. The molecule has 29 heavy (non-hydrogen) atoms. The van der Waals surface area contributed by atoms with Crippen LogP contribution in [0.4, 0.5) is 5.82 Å². The zero-order chi connectivity index (χ0) is 20.0. The fourth-order valence-electron chi connectivity index (χ4n) is 5.57. The third kappa shape index (κ3) is 3.12. The largest absolute Gasteiger partial charge is 0.375 e. The summed E-state index contributed by atoms with van der Waals surface area (Å²) in [6.45, 7) is 3.93. The summed E-state index contributed by atoms with van der Waals surface area (Å²) >= 11 is 0. The van der Waals surface area contributed by atoms with Gasteiger partial charge in [0.25, 0.3) is 5.91 Å². The number of carbonyl (C=O) groups excluding carboxylic acids is 1. The number of anilines is 1. The van der Waals surface area contributed by atoms with E-state index in [4.69, 9.17) is 0 Å². The first-order valence-electron chi connectivity index (χ1n) is 10.8. The molecule has 4 atom stereocenters. The maximum atomic E-state index is 13.4. The van der Waals surface area contributed by atoms with E-state index in [2.05, 4.69) is 28.2 Å². The van der Waals surface area contributed by atoms with Crippen molar-refractivity contribution < 1.29 is 9.90 Å². The van der Waals surface area contributed by atoms with Crippen LogP contribution in [-0.4, -0.2) is 35.1 Å². The van der Waals surface area contributed by atoms with Crippen LogP contribution >= 0.6 is 0 Å². The van der Waals surface area contributed by atoms with Crippen molar-refractivity contribution in [3.8, 4) is 0 Å². The zero-order valence-corrected chi connectivity index (χ0v) is 16.9. The van der Waals surface area contributed by atoms with Gasteiger partial charge in [-0.25, -0.2) is 4.98 Å². The van der Waals surface area contributed by atoms with Gasteiger partial charge in [-0.05, 0) is 37.0 Å². The number of hydrogen-bond acceptors (Lipinski definition) is 4. The van der Waals surface area contributed by atoms with Gasteiger partial charge in [-0.1, -0.05) is 49.2 Å². The molecule has 2 aromatic rings. The van der Waals surface area contributed by atoms with Crippen molar-refractivity contribution in [2.45, 2.75) is 44.2 Å². The predicted octanol–water partition coefficient (Wildman–Crippen LogP) is 3.02. The van der Waals surface area contributed by atoms with Crippen LogP contribution in [0.15, 0.2) is 48.7 Å². The Morgan fingerprint density at radius 1 is 1.10 bits per heavy atom. The number of aliphatic hydroxyl groups is 1. The Bertz CT molecular complexity index is 884.